The Kier molecular flexibility index (Phi) is 4.47. The smallest absolute Gasteiger partial charge is 0.245 e. The maximum atomic E-state index is 13.2. The Hall–Kier alpha value is -0.210. The summed E-state index contributed by atoms with van der Waals surface area (Å²) in [5, 5.41) is -0.127. The summed E-state index contributed by atoms with van der Waals surface area (Å²) in [4.78, 5) is -0.0955. The third-order valence-electron chi connectivity index (χ3n) is 3.58. The second-order valence-electron chi connectivity index (χ2n) is 5.30. The van der Waals surface area contributed by atoms with Gasteiger partial charge >= 0.3 is 0 Å². The molecule has 2 rings (SSSR count). The third-order valence-corrected chi connectivity index (χ3v) is 6.82. The summed E-state index contributed by atoms with van der Waals surface area (Å²) in [5.41, 5.74) is 5.46. The Morgan fingerprint density at radius 3 is 2.70 bits per heavy atom. The van der Waals surface area contributed by atoms with Crippen LogP contribution in [0.3, 0.4) is 0 Å². The SMILES string of the molecule is CC1(CN)CCN(S(=O)(=O)c2c(Cl)cc(F)cc2Br)C1. The molecule has 1 aromatic rings. The molecular formula is C12H15BrClFN2O2S. The van der Waals surface area contributed by atoms with E-state index in [1.54, 1.807) is 0 Å². The van der Waals surface area contributed by atoms with Crippen LogP contribution >= 0.6 is 27.5 Å². The van der Waals surface area contributed by atoms with Crippen LogP contribution in [0, 0.1) is 11.2 Å². The van der Waals surface area contributed by atoms with Crippen LogP contribution in [0.25, 0.3) is 0 Å². The van der Waals surface area contributed by atoms with Crippen molar-refractivity contribution in [2.45, 2.75) is 18.2 Å². The fraction of sp³-hybridized carbons (Fsp3) is 0.500. The van der Waals surface area contributed by atoms with Gasteiger partial charge in [0.25, 0.3) is 0 Å². The molecule has 0 amide bonds. The van der Waals surface area contributed by atoms with E-state index in [4.69, 9.17) is 17.3 Å². The number of nitrogens with zero attached hydrogens (tertiary/aromatic N) is 1. The van der Waals surface area contributed by atoms with E-state index >= 15 is 0 Å². The molecule has 1 atom stereocenters. The lowest BCUT2D eigenvalue weighted by Gasteiger charge is -2.23. The van der Waals surface area contributed by atoms with E-state index < -0.39 is 15.8 Å². The zero-order chi connectivity index (χ0) is 15.1. The highest BCUT2D eigenvalue weighted by Gasteiger charge is 2.40. The Bertz CT molecular complexity index is 617. The van der Waals surface area contributed by atoms with Crippen LogP contribution in [-0.4, -0.2) is 32.4 Å². The molecule has 0 spiro atoms. The fourth-order valence-corrected chi connectivity index (χ4v) is 5.60. The largest absolute Gasteiger partial charge is 0.330 e. The lowest BCUT2D eigenvalue weighted by Crippen LogP contribution is -2.34. The van der Waals surface area contributed by atoms with Crippen molar-refractivity contribution in [1.82, 2.24) is 4.31 Å². The molecule has 1 saturated heterocycles. The number of hydrogen-bond donors (Lipinski definition) is 1. The molecule has 1 fully saturated rings. The van der Waals surface area contributed by atoms with Crippen LogP contribution in [0.1, 0.15) is 13.3 Å². The van der Waals surface area contributed by atoms with Gasteiger partial charge in [0.05, 0.1) is 5.02 Å². The van der Waals surface area contributed by atoms with E-state index in [2.05, 4.69) is 15.9 Å². The molecule has 0 bridgehead atoms. The number of benzene rings is 1. The van der Waals surface area contributed by atoms with E-state index in [-0.39, 0.29) is 19.8 Å². The Labute approximate surface area is 131 Å². The monoisotopic (exact) mass is 384 g/mol. The minimum absolute atomic E-state index is 0.0955. The van der Waals surface area contributed by atoms with Crippen LogP contribution in [0.2, 0.25) is 5.02 Å². The van der Waals surface area contributed by atoms with Gasteiger partial charge in [-0.1, -0.05) is 18.5 Å². The molecule has 1 aromatic carbocycles. The predicted octanol–water partition coefficient (Wildman–Crippen LogP) is 2.60. The minimum atomic E-state index is -3.77. The van der Waals surface area contributed by atoms with Crippen molar-refractivity contribution in [3.63, 3.8) is 0 Å². The van der Waals surface area contributed by atoms with Crippen molar-refractivity contribution < 1.29 is 12.8 Å². The molecule has 0 radical (unpaired) electrons. The first-order valence-electron chi connectivity index (χ1n) is 6.04. The fourth-order valence-electron chi connectivity index (χ4n) is 2.25. The molecule has 112 valence electrons. The summed E-state index contributed by atoms with van der Waals surface area (Å²) in [6.45, 7) is 3.09. The number of halogens is 3. The molecule has 8 heteroatoms. The van der Waals surface area contributed by atoms with Gasteiger partial charge in [0.1, 0.15) is 10.7 Å². The van der Waals surface area contributed by atoms with Gasteiger partial charge in [-0.3, -0.25) is 0 Å². The average Bonchev–Trinajstić information content (AvgIpc) is 2.71. The third kappa shape index (κ3) is 2.87. The average molecular weight is 386 g/mol. The molecule has 1 heterocycles. The van der Waals surface area contributed by atoms with Crippen molar-refractivity contribution >= 4 is 37.6 Å². The van der Waals surface area contributed by atoms with Crippen molar-refractivity contribution in [2.24, 2.45) is 11.1 Å². The van der Waals surface area contributed by atoms with Crippen LogP contribution in [-0.2, 0) is 10.0 Å². The van der Waals surface area contributed by atoms with Gasteiger partial charge in [0, 0.05) is 17.6 Å². The normalized spacial score (nSPS) is 24.2. The quantitative estimate of drug-likeness (QED) is 0.870. The van der Waals surface area contributed by atoms with Crippen LogP contribution < -0.4 is 5.73 Å². The Morgan fingerprint density at radius 1 is 1.55 bits per heavy atom. The molecule has 1 aliphatic rings. The number of rotatable bonds is 3. The summed E-state index contributed by atoms with van der Waals surface area (Å²) in [5.74, 6) is -0.589. The van der Waals surface area contributed by atoms with E-state index in [9.17, 15) is 12.8 Å². The van der Waals surface area contributed by atoms with Crippen molar-refractivity contribution in [3.8, 4) is 0 Å². The second-order valence-corrected chi connectivity index (χ2v) is 8.44. The molecule has 20 heavy (non-hydrogen) atoms. The number of sulfonamides is 1. The van der Waals surface area contributed by atoms with E-state index in [0.717, 1.165) is 12.1 Å². The summed E-state index contributed by atoms with van der Waals surface area (Å²) in [6.07, 6.45) is 0.694. The molecule has 0 aromatic heterocycles. The first-order chi connectivity index (χ1) is 9.19. The zero-order valence-electron chi connectivity index (χ0n) is 10.9. The van der Waals surface area contributed by atoms with Crippen LogP contribution in [0.15, 0.2) is 21.5 Å². The standard InChI is InChI=1S/C12H15BrClFN2O2S/c1-12(6-16)2-3-17(7-12)20(18,19)11-9(13)4-8(15)5-10(11)14/h4-5H,2-3,6-7,16H2,1H3. The molecule has 4 nitrogen and oxygen atoms in total. The van der Waals surface area contributed by atoms with Gasteiger partial charge in [0.2, 0.25) is 10.0 Å². The number of nitrogens with two attached hydrogens (primary N) is 1. The van der Waals surface area contributed by atoms with Crippen LogP contribution in [0.5, 0.6) is 0 Å². The Morgan fingerprint density at radius 2 is 2.20 bits per heavy atom. The lowest BCUT2D eigenvalue weighted by atomic mass is 9.90. The van der Waals surface area contributed by atoms with Crippen molar-refractivity contribution in [2.75, 3.05) is 19.6 Å². The van der Waals surface area contributed by atoms with E-state index in [1.165, 1.54) is 4.31 Å². The lowest BCUT2D eigenvalue weighted by molar-refractivity contribution is 0.349. The first kappa shape index (κ1) is 16.2. The summed E-state index contributed by atoms with van der Waals surface area (Å²) in [6, 6.07) is 2.09. The van der Waals surface area contributed by atoms with Crippen LogP contribution in [0.4, 0.5) is 4.39 Å². The topological polar surface area (TPSA) is 63.4 Å². The maximum Gasteiger partial charge on any atom is 0.245 e. The highest BCUT2D eigenvalue weighted by molar-refractivity contribution is 9.10. The van der Waals surface area contributed by atoms with Gasteiger partial charge in [0.15, 0.2) is 0 Å². The second kappa shape index (κ2) is 5.53. The first-order valence-corrected chi connectivity index (χ1v) is 8.65. The van der Waals surface area contributed by atoms with E-state index in [0.29, 0.717) is 26.1 Å². The van der Waals surface area contributed by atoms with Gasteiger partial charge in [-0.25, -0.2) is 12.8 Å². The summed E-state index contributed by atoms with van der Waals surface area (Å²) >= 11 is 8.97. The van der Waals surface area contributed by atoms with Gasteiger partial charge < -0.3 is 5.73 Å². The van der Waals surface area contributed by atoms with Gasteiger partial charge in [-0.2, -0.15) is 4.31 Å². The maximum absolute atomic E-state index is 13.2. The van der Waals surface area contributed by atoms with Crippen molar-refractivity contribution in [3.05, 3.63) is 27.4 Å². The van der Waals surface area contributed by atoms with Crippen molar-refractivity contribution in [1.29, 1.82) is 0 Å². The molecular weight excluding hydrogens is 371 g/mol. The summed E-state index contributed by atoms with van der Waals surface area (Å²) in [7, 11) is -3.77. The Balaban J connectivity index is 2.43. The zero-order valence-corrected chi connectivity index (χ0v) is 14.0. The predicted molar refractivity (Wildman–Crippen MR) is 79.6 cm³/mol. The highest BCUT2D eigenvalue weighted by atomic mass is 79.9. The molecule has 2 N–H and O–H groups in total. The van der Waals surface area contributed by atoms with Gasteiger partial charge in [-0.05, 0) is 46.4 Å². The molecule has 0 saturated carbocycles. The molecule has 0 aliphatic carbocycles. The van der Waals surface area contributed by atoms with Gasteiger partial charge in [-0.15, -0.1) is 0 Å². The molecule has 1 aliphatic heterocycles. The minimum Gasteiger partial charge on any atom is -0.330 e. The highest BCUT2D eigenvalue weighted by Crippen LogP contribution is 2.37. The van der Waals surface area contributed by atoms with E-state index in [1.807, 2.05) is 6.92 Å². The summed E-state index contributed by atoms with van der Waals surface area (Å²) < 4.78 is 40.0. The molecule has 1 unspecified atom stereocenters. The number of hydrogen-bond acceptors (Lipinski definition) is 3.